The van der Waals surface area contributed by atoms with Gasteiger partial charge in [0, 0.05) is 45.2 Å². The molecule has 1 aromatic rings. The zero-order valence-corrected chi connectivity index (χ0v) is 13.0. The van der Waals surface area contributed by atoms with Crippen LogP contribution in [0.5, 0.6) is 0 Å². The normalized spacial score (nSPS) is 23.6. The van der Waals surface area contributed by atoms with Gasteiger partial charge in [-0.25, -0.2) is 8.42 Å². The van der Waals surface area contributed by atoms with Gasteiger partial charge in [0.15, 0.2) is 0 Å². The van der Waals surface area contributed by atoms with Crippen molar-refractivity contribution in [3.05, 3.63) is 24.5 Å². The summed E-state index contributed by atoms with van der Waals surface area (Å²) in [5.74, 6) is -0.0177. The minimum absolute atomic E-state index is 0.0177. The second-order valence-electron chi connectivity index (χ2n) is 5.42. The Morgan fingerprint density at radius 3 is 2.64 bits per heavy atom. The fourth-order valence-corrected chi connectivity index (χ4v) is 4.16. The Hall–Kier alpha value is -1.51. The van der Waals surface area contributed by atoms with Gasteiger partial charge in [0.25, 0.3) is 5.91 Å². The van der Waals surface area contributed by atoms with Gasteiger partial charge >= 0.3 is 0 Å². The van der Waals surface area contributed by atoms with E-state index < -0.39 is 10.0 Å². The summed E-state index contributed by atoms with van der Waals surface area (Å²) < 4.78 is 31.8. The van der Waals surface area contributed by atoms with Gasteiger partial charge in [-0.15, -0.1) is 0 Å². The number of ether oxygens (including phenoxy) is 1. The third kappa shape index (κ3) is 2.99. The van der Waals surface area contributed by atoms with E-state index in [2.05, 4.69) is 4.98 Å². The fraction of sp³-hybridized carbons (Fsp3) is 0.571. The summed E-state index contributed by atoms with van der Waals surface area (Å²) in [6, 6.07) is 3.14. The van der Waals surface area contributed by atoms with Crippen LogP contribution in [0.3, 0.4) is 0 Å². The number of piperazine rings is 1. The largest absolute Gasteiger partial charge is 0.368 e. The number of sulfonamides is 1. The highest BCUT2D eigenvalue weighted by atomic mass is 32.2. The molecule has 2 aliphatic rings. The van der Waals surface area contributed by atoms with Crippen molar-refractivity contribution in [2.75, 3.05) is 32.8 Å². The maximum absolute atomic E-state index is 12.5. The molecule has 1 atom stereocenters. The fourth-order valence-electron chi connectivity index (χ4n) is 2.77. The Balaban J connectivity index is 1.63. The number of carbonyl (C=O) groups is 1. The first-order chi connectivity index (χ1) is 10.6. The van der Waals surface area contributed by atoms with Crippen LogP contribution >= 0.6 is 0 Å². The third-order valence-corrected chi connectivity index (χ3v) is 5.91. The third-order valence-electron chi connectivity index (χ3n) is 4.03. The van der Waals surface area contributed by atoms with E-state index in [9.17, 15) is 13.2 Å². The van der Waals surface area contributed by atoms with Gasteiger partial charge in [-0.2, -0.15) is 4.31 Å². The summed E-state index contributed by atoms with van der Waals surface area (Å²) in [5.41, 5.74) is 0. The van der Waals surface area contributed by atoms with Crippen LogP contribution in [-0.4, -0.2) is 67.4 Å². The van der Waals surface area contributed by atoms with Crippen molar-refractivity contribution in [1.29, 1.82) is 0 Å². The predicted molar refractivity (Wildman–Crippen MR) is 78.5 cm³/mol. The molecule has 1 aromatic heterocycles. The van der Waals surface area contributed by atoms with Crippen LogP contribution in [0.25, 0.3) is 0 Å². The minimum atomic E-state index is -3.53. The second-order valence-corrected chi connectivity index (χ2v) is 7.36. The molecule has 2 fully saturated rings. The van der Waals surface area contributed by atoms with Crippen LogP contribution in [0.1, 0.15) is 12.8 Å². The lowest BCUT2D eigenvalue weighted by atomic mass is 10.2. The molecule has 0 aliphatic carbocycles. The average molecular weight is 325 g/mol. The van der Waals surface area contributed by atoms with Crippen molar-refractivity contribution in [1.82, 2.24) is 14.2 Å². The van der Waals surface area contributed by atoms with Crippen LogP contribution in [0.2, 0.25) is 0 Å². The second kappa shape index (κ2) is 6.31. The molecule has 0 aromatic carbocycles. The zero-order chi connectivity index (χ0) is 15.6. The molecule has 7 nitrogen and oxygen atoms in total. The van der Waals surface area contributed by atoms with E-state index in [0.29, 0.717) is 32.8 Å². The Labute approximate surface area is 129 Å². The monoisotopic (exact) mass is 325 g/mol. The summed E-state index contributed by atoms with van der Waals surface area (Å²) in [4.78, 5) is 18.0. The van der Waals surface area contributed by atoms with Crippen LogP contribution < -0.4 is 0 Å². The lowest BCUT2D eigenvalue weighted by molar-refractivity contribution is -0.142. The number of pyridine rings is 1. The first-order valence-corrected chi connectivity index (χ1v) is 8.83. The van der Waals surface area contributed by atoms with Gasteiger partial charge in [0.1, 0.15) is 11.0 Å². The van der Waals surface area contributed by atoms with Crippen LogP contribution in [0.4, 0.5) is 0 Å². The molecule has 0 N–H and O–H groups in total. The molecule has 2 aliphatic heterocycles. The van der Waals surface area contributed by atoms with E-state index in [1.54, 1.807) is 11.0 Å². The van der Waals surface area contributed by atoms with Crippen molar-refractivity contribution in [3.63, 3.8) is 0 Å². The molecule has 8 heteroatoms. The molecule has 2 saturated heterocycles. The van der Waals surface area contributed by atoms with Crippen LogP contribution in [0.15, 0.2) is 29.4 Å². The van der Waals surface area contributed by atoms with Gasteiger partial charge in [-0.3, -0.25) is 9.78 Å². The van der Waals surface area contributed by atoms with Gasteiger partial charge in [-0.05, 0) is 25.0 Å². The highest BCUT2D eigenvalue weighted by Crippen LogP contribution is 2.19. The van der Waals surface area contributed by atoms with Crippen molar-refractivity contribution < 1.29 is 17.9 Å². The van der Waals surface area contributed by atoms with Crippen molar-refractivity contribution in [3.8, 4) is 0 Å². The molecule has 0 bridgehead atoms. The zero-order valence-electron chi connectivity index (χ0n) is 12.2. The lowest BCUT2D eigenvalue weighted by Gasteiger charge is -2.34. The summed E-state index contributed by atoms with van der Waals surface area (Å²) >= 11 is 0. The number of rotatable bonds is 3. The van der Waals surface area contributed by atoms with Gasteiger partial charge in [-0.1, -0.05) is 0 Å². The standard InChI is InChI=1S/C14H19N3O4S/c18-14(13-4-2-10-21-13)16-6-8-17(9-7-16)22(19,20)12-3-1-5-15-11-12/h1,3,5,11,13H,2,4,6-10H2. The topological polar surface area (TPSA) is 79.8 Å². The summed E-state index contributed by atoms with van der Waals surface area (Å²) in [6.45, 7) is 2.04. The maximum atomic E-state index is 12.5. The summed E-state index contributed by atoms with van der Waals surface area (Å²) in [5, 5.41) is 0. The van der Waals surface area contributed by atoms with Gasteiger partial charge in [0.2, 0.25) is 10.0 Å². The molecule has 22 heavy (non-hydrogen) atoms. The van der Waals surface area contributed by atoms with Crippen molar-refractivity contribution in [2.24, 2.45) is 0 Å². The molecular formula is C14H19N3O4S. The number of hydrogen-bond donors (Lipinski definition) is 0. The van der Waals surface area contributed by atoms with Crippen LogP contribution in [0, 0.1) is 0 Å². The first-order valence-electron chi connectivity index (χ1n) is 7.39. The number of hydrogen-bond acceptors (Lipinski definition) is 5. The molecular weight excluding hydrogens is 306 g/mol. The molecule has 120 valence electrons. The van der Waals surface area contributed by atoms with E-state index in [-0.39, 0.29) is 16.9 Å². The SMILES string of the molecule is O=C(C1CCCO1)N1CCN(S(=O)(=O)c2cccnc2)CC1. The number of aromatic nitrogens is 1. The average Bonchev–Trinajstić information content (AvgIpc) is 3.09. The van der Waals surface area contributed by atoms with Crippen molar-refractivity contribution in [2.45, 2.75) is 23.8 Å². The van der Waals surface area contributed by atoms with E-state index in [1.165, 1.54) is 22.8 Å². The first kappa shape index (κ1) is 15.4. The molecule has 1 unspecified atom stereocenters. The molecule has 1 amide bonds. The maximum Gasteiger partial charge on any atom is 0.251 e. The Kier molecular flexibility index (Phi) is 4.42. The van der Waals surface area contributed by atoms with Gasteiger partial charge < -0.3 is 9.64 Å². The molecule has 0 radical (unpaired) electrons. The number of amides is 1. The minimum Gasteiger partial charge on any atom is -0.368 e. The quantitative estimate of drug-likeness (QED) is 0.787. The number of nitrogens with zero attached hydrogens (tertiary/aromatic N) is 3. The summed E-state index contributed by atoms with van der Waals surface area (Å²) in [6.07, 6.45) is 4.20. The molecule has 0 saturated carbocycles. The Morgan fingerprint density at radius 1 is 1.27 bits per heavy atom. The Morgan fingerprint density at radius 2 is 2.05 bits per heavy atom. The number of carbonyl (C=O) groups excluding carboxylic acids is 1. The predicted octanol–water partition coefficient (Wildman–Crippen LogP) is 0.0935. The Bertz CT molecular complexity index is 621. The van der Waals surface area contributed by atoms with Crippen LogP contribution in [-0.2, 0) is 19.6 Å². The van der Waals surface area contributed by atoms with E-state index in [0.717, 1.165) is 12.8 Å². The van der Waals surface area contributed by atoms with Gasteiger partial charge in [0.05, 0.1) is 0 Å². The van der Waals surface area contributed by atoms with E-state index in [4.69, 9.17) is 4.74 Å². The van der Waals surface area contributed by atoms with E-state index >= 15 is 0 Å². The molecule has 0 spiro atoms. The highest BCUT2D eigenvalue weighted by molar-refractivity contribution is 7.89. The smallest absolute Gasteiger partial charge is 0.251 e. The lowest BCUT2D eigenvalue weighted by Crippen LogP contribution is -2.52. The molecule has 3 rings (SSSR count). The highest BCUT2D eigenvalue weighted by Gasteiger charge is 2.33. The van der Waals surface area contributed by atoms with E-state index in [1.807, 2.05) is 0 Å². The molecule has 3 heterocycles. The van der Waals surface area contributed by atoms with Crippen molar-refractivity contribution >= 4 is 15.9 Å². The summed E-state index contributed by atoms with van der Waals surface area (Å²) in [7, 11) is -3.53.